The Kier molecular flexibility index (Phi) is 11.6. The van der Waals surface area contributed by atoms with Gasteiger partial charge in [0, 0.05) is 34.7 Å². The van der Waals surface area contributed by atoms with Crippen molar-refractivity contribution in [1.82, 2.24) is 9.80 Å². The Morgan fingerprint density at radius 2 is 0.833 bits per heavy atom. The van der Waals surface area contributed by atoms with E-state index in [2.05, 4.69) is 0 Å². The highest BCUT2D eigenvalue weighted by molar-refractivity contribution is 6.30. The van der Waals surface area contributed by atoms with Gasteiger partial charge >= 0.3 is 11.9 Å². The first kappa shape index (κ1) is 38.0. The van der Waals surface area contributed by atoms with E-state index < -0.39 is 23.4 Å². The molecule has 54 heavy (non-hydrogen) atoms. The largest absolute Gasteiger partial charge is 0.493 e. The summed E-state index contributed by atoms with van der Waals surface area (Å²) in [5.74, 6) is -0.810. The van der Waals surface area contributed by atoms with Gasteiger partial charge in [-0.15, -0.1) is 0 Å². The predicted molar refractivity (Wildman–Crippen MR) is 213 cm³/mol. The molecule has 0 spiro atoms. The van der Waals surface area contributed by atoms with E-state index in [-0.39, 0.29) is 26.1 Å². The summed E-state index contributed by atoms with van der Waals surface area (Å²) in [5, 5.41) is 4.07. The highest BCUT2D eigenvalue weighted by atomic mass is 16.6. The monoisotopic (exact) mass is 724 g/mol. The smallest absolute Gasteiger partial charge is 0.419 e. The predicted octanol–water partition coefficient (Wildman–Crippen LogP) is 8.76. The summed E-state index contributed by atoms with van der Waals surface area (Å²) in [6, 6.07) is 43.3. The van der Waals surface area contributed by atoms with Crippen LogP contribution in [0.4, 0.5) is 0 Å². The van der Waals surface area contributed by atoms with Crippen LogP contribution in [-0.4, -0.2) is 63.1 Å². The molecule has 0 bridgehead atoms. The second kappa shape index (κ2) is 16.5. The Hall–Kier alpha value is -5.70. The maximum atomic E-state index is 14.1. The molecule has 0 saturated carbocycles. The van der Waals surface area contributed by atoms with Gasteiger partial charge in [0.15, 0.2) is 11.4 Å². The van der Waals surface area contributed by atoms with Gasteiger partial charge in [-0.3, -0.25) is 9.80 Å². The van der Waals surface area contributed by atoms with Crippen LogP contribution >= 0.6 is 0 Å². The molecule has 0 aliphatic rings. The van der Waals surface area contributed by atoms with E-state index in [1.807, 2.05) is 175 Å². The van der Waals surface area contributed by atoms with Crippen LogP contribution in [0.1, 0.15) is 35.1 Å². The van der Waals surface area contributed by atoms with Crippen molar-refractivity contribution in [3.05, 3.63) is 156 Å². The highest BCUT2D eigenvalue weighted by Crippen LogP contribution is 2.37. The quantitative estimate of drug-likeness (QED) is 0.0627. The van der Waals surface area contributed by atoms with Crippen LogP contribution in [0.3, 0.4) is 0 Å². The molecular formula is C46H48N2O6. The maximum Gasteiger partial charge on any atom is 0.419 e. The molecule has 8 nitrogen and oxygen atoms in total. The van der Waals surface area contributed by atoms with Crippen LogP contribution in [0.2, 0.25) is 0 Å². The van der Waals surface area contributed by atoms with Gasteiger partial charge < -0.3 is 18.9 Å². The summed E-state index contributed by atoms with van der Waals surface area (Å²) >= 11 is 0. The van der Waals surface area contributed by atoms with Crippen molar-refractivity contribution in [2.24, 2.45) is 0 Å². The Labute approximate surface area is 317 Å². The lowest BCUT2D eigenvalue weighted by Crippen LogP contribution is -2.51. The summed E-state index contributed by atoms with van der Waals surface area (Å²) in [5.41, 5.74) is 0.753. The number of aryl methyl sites for hydroxylation is 2. The zero-order valence-electron chi connectivity index (χ0n) is 31.9. The van der Waals surface area contributed by atoms with E-state index in [0.717, 1.165) is 44.2 Å². The summed E-state index contributed by atoms with van der Waals surface area (Å²) in [6.45, 7) is 4.37. The molecule has 278 valence electrons. The molecule has 6 rings (SSSR count). The van der Waals surface area contributed by atoms with Gasteiger partial charge in [0.2, 0.25) is 0 Å². The SMILES string of the molecule is Cc1ccc(C(CCOc2cccc3ccccc23)(OC(=O)C(=O)OC(CCOc2cccc3ccccc23)(c2ccc(C)cc2)N(C)C)N(C)C)cc1. The zero-order chi connectivity index (χ0) is 38.3. The Morgan fingerprint density at radius 3 is 1.20 bits per heavy atom. The Bertz CT molecular complexity index is 2050. The summed E-state index contributed by atoms with van der Waals surface area (Å²) in [7, 11) is 7.27. The molecule has 6 aromatic carbocycles. The second-order valence-electron chi connectivity index (χ2n) is 14.0. The molecule has 0 aromatic heterocycles. The number of nitrogens with zero attached hydrogens (tertiary/aromatic N) is 2. The summed E-state index contributed by atoms with van der Waals surface area (Å²) < 4.78 is 25.3. The fourth-order valence-electron chi connectivity index (χ4n) is 6.91. The first-order chi connectivity index (χ1) is 26.0. The third-order valence-corrected chi connectivity index (χ3v) is 10.0. The number of rotatable bonds is 14. The highest BCUT2D eigenvalue weighted by Gasteiger charge is 2.45. The molecule has 0 aliphatic heterocycles. The van der Waals surface area contributed by atoms with Crippen LogP contribution in [0.25, 0.3) is 21.5 Å². The lowest BCUT2D eigenvalue weighted by Gasteiger charge is -2.41. The first-order valence-corrected chi connectivity index (χ1v) is 18.2. The molecule has 6 aromatic rings. The minimum atomic E-state index is -1.36. The number of carbonyl (C=O) groups excluding carboxylic acids is 2. The van der Waals surface area contributed by atoms with Crippen LogP contribution < -0.4 is 9.47 Å². The van der Waals surface area contributed by atoms with Crippen LogP contribution in [0.15, 0.2) is 133 Å². The van der Waals surface area contributed by atoms with E-state index in [9.17, 15) is 9.59 Å². The molecule has 0 fully saturated rings. The minimum absolute atomic E-state index is 0.193. The van der Waals surface area contributed by atoms with Crippen molar-refractivity contribution in [3.8, 4) is 11.5 Å². The number of benzene rings is 6. The fraction of sp³-hybridized carbons (Fsp3) is 0.261. The molecule has 0 saturated heterocycles. The van der Waals surface area contributed by atoms with E-state index in [1.165, 1.54) is 0 Å². The normalized spacial score (nSPS) is 13.7. The average Bonchev–Trinajstić information content (AvgIpc) is 3.17. The van der Waals surface area contributed by atoms with Crippen molar-refractivity contribution in [1.29, 1.82) is 0 Å². The minimum Gasteiger partial charge on any atom is -0.493 e. The van der Waals surface area contributed by atoms with Crippen molar-refractivity contribution < 1.29 is 28.5 Å². The standard InChI is InChI=1S/C46H48N2O6/c1-33-21-25-37(26-22-33)45(47(3)4,29-31-51-41-19-11-15-35-13-7-9-17-39(35)41)53-43(49)44(50)54-46(48(5)6,38-27-23-34(2)24-28-38)30-32-52-42-20-12-16-36-14-8-10-18-40(36)42/h7-28H,29-32H2,1-6H3. The lowest BCUT2D eigenvalue weighted by molar-refractivity contribution is -0.212. The van der Waals surface area contributed by atoms with Crippen molar-refractivity contribution in [3.63, 3.8) is 0 Å². The molecule has 0 aliphatic carbocycles. The van der Waals surface area contributed by atoms with E-state index in [0.29, 0.717) is 11.1 Å². The Morgan fingerprint density at radius 1 is 0.481 bits per heavy atom. The topological polar surface area (TPSA) is 77.5 Å². The Balaban J connectivity index is 1.28. The number of hydrogen-bond donors (Lipinski definition) is 0. The van der Waals surface area contributed by atoms with Gasteiger partial charge in [-0.05, 0) is 64.9 Å². The second-order valence-corrected chi connectivity index (χ2v) is 14.0. The van der Waals surface area contributed by atoms with Crippen molar-refractivity contribution in [2.75, 3.05) is 41.4 Å². The zero-order valence-corrected chi connectivity index (χ0v) is 31.9. The van der Waals surface area contributed by atoms with E-state index in [1.54, 1.807) is 9.80 Å². The van der Waals surface area contributed by atoms with Crippen LogP contribution in [0.5, 0.6) is 11.5 Å². The van der Waals surface area contributed by atoms with Crippen molar-refractivity contribution >= 4 is 33.5 Å². The number of fused-ring (bicyclic) bond motifs is 2. The van der Waals surface area contributed by atoms with Gasteiger partial charge in [-0.1, -0.05) is 132 Å². The van der Waals surface area contributed by atoms with Gasteiger partial charge in [0.25, 0.3) is 0 Å². The number of hydrogen-bond acceptors (Lipinski definition) is 8. The van der Waals surface area contributed by atoms with Gasteiger partial charge in [0.05, 0.1) is 13.2 Å². The molecule has 0 amide bonds. The first-order valence-electron chi connectivity index (χ1n) is 18.2. The third-order valence-electron chi connectivity index (χ3n) is 10.0. The molecule has 8 heteroatoms. The molecule has 0 heterocycles. The van der Waals surface area contributed by atoms with E-state index >= 15 is 0 Å². The average molecular weight is 725 g/mol. The van der Waals surface area contributed by atoms with E-state index in [4.69, 9.17) is 18.9 Å². The molecule has 2 atom stereocenters. The van der Waals surface area contributed by atoms with Gasteiger partial charge in [0.1, 0.15) is 11.5 Å². The van der Waals surface area contributed by atoms with Crippen LogP contribution in [-0.2, 0) is 30.5 Å². The van der Waals surface area contributed by atoms with Gasteiger partial charge in [-0.25, -0.2) is 9.59 Å². The van der Waals surface area contributed by atoms with Gasteiger partial charge in [-0.2, -0.15) is 0 Å². The molecule has 0 N–H and O–H groups in total. The third kappa shape index (κ3) is 8.10. The maximum absolute atomic E-state index is 14.1. The number of ether oxygens (including phenoxy) is 4. The molecule has 2 unspecified atom stereocenters. The van der Waals surface area contributed by atoms with Crippen LogP contribution in [0, 0.1) is 13.8 Å². The molecular weight excluding hydrogens is 677 g/mol. The molecule has 0 radical (unpaired) electrons. The summed E-state index contributed by atoms with van der Waals surface area (Å²) in [6.07, 6.45) is 0.446. The summed E-state index contributed by atoms with van der Waals surface area (Å²) in [4.78, 5) is 31.8. The fourth-order valence-corrected chi connectivity index (χ4v) is 6.91. The lowest BCUT2D eigenvalue weighted by atomic mass is 9.96. The van der Waals surface area contributed by atoms with Crippen molar-refractivity contribution in [2.45, 2.75) is 38.1 Å². The number of carbonyl (C=O) groups is 2. The number of esters is 2.